The van der Waals surface area contributed by atoms with Crippen molar-refractivity contribution in [2.24, 2.45) is 28.6 Å². The van der Waals surface area contributed by atoms with Crippen LogP contribution < -0.4 is 5.32 Å². The molecule has 4 rings (SSSR count). The highest BCUT2D eigenvalue weighted by Gasteiger charge is 2.75. The van der Waals surface area contributed by atoms with E-state index in [1.165, 1.54) is 12.2 Å². The van der Waals surface area contributed by atoms with Crippen LogP contribution in [0.4, 0.5) is 4.39 Å². The lowest BCUT2D eigenvalue weighted by Gasteiger charge is -2.62. The third kappa shape index (κ3) is 2.41. The van der Waals surface area contributed by atoms with Crippen molar-refractivity contribution in [3.05, 3.63) is 23.8 Å². The fourth-order valence-electron chi connectivity index (χ4n) is 7.40. The van der Waals surface area contributed by atoms with Crippen LogP contribution in [0.3, 0.4) is 0 Å². The van der Waals surface area contributed by atoms with E-state index in [0.29, 0.717) is 25.8 Å². The average molecular weight is 420 g/mol. The summed E-state index contributed by atoms with van der Waals surface area (Å²) >= 11 is 0. The summed E-state index contributed by atoms with van der Waals surface area (Å²) in [5.41, 5.74) is -4.83. The second-order valence-electron chi connectivity index (χ2n) is 10.4. The van der Waals surface area contributed by atoms with E-state index in [9.17, 15) is 19.8 Å². The zero-order chi connectivity index (χ0) is 22.1. The van der Waals surface area contributed by atoms with Gasteiger partial charge in [0.1, 0.15) is 0 Å². The Balaban J connectivity index is 1.77. The Bertz CT molecular complexity index is 839. The van der Waals surface area contributed by atoms with Gasteiger partial charge in [0.15, 0.2) is 17.1 Å². The number of halogens is 1. The van der Waals surface area contributed by atoms with Gasteiger partial charge in [-0.05, 0) is 63.0 Å². The van der Waals surface area contributed by atoms with E-state index in [1.807, 2.05) is 20.8 Å². The Morgan fingerprint density at radius 3 is 2.70 bits per heavy atom. The van der Waals surface area contributed by atoms with E-state index in [4.69, 9.17) is 0 Å². The van der Waals surface area contributed by atoms with Gasteiger partial charge in [-0.25, -0.2) is 4.39 Å². The highest BCUT2D eigenvalue weighted by Crippen LogP contribution is 2.70. The van der Waals surface area contributed by atoms with Crippen LogP contribution in [-0.4, -0.2) is 45.8 Å². The minimum Gasteiger partial charge on any atom is -0.390 e. The summed E-state index contributed by atoms with van der Waals surface area (Å²) < 4.78 is 17.0. The summed E-state index contributed by atoms with van der Waals surface area (Å²) in [5, 5.41) is 25.8. The van der Waals surface area contributed by atoms with Gasteiger partial charge in [0.2, 0.25) is 0 Å². The number of amides is 1. The van der Waals surface area contributed by atoms with Crippen molar-refractivity contribution in [2.75, 3.05) is 6.54 Å². The number of alkyl halides is 1. The molecule has 0 aromatic rings. The van der Waals surface area contributed by atoms with E-state index in [1.54, 1.807) is 13.0 Å². The molecule has 4 aliphatic rings. The molecular weight excluding hydrogens is 385 g/mol. The molecular formula is C24H34FNO4. The zero-order valence-electron chi connectivity index (χ0n) is 18.4. The molecule has 0 aliphatic heterocycles. The molecule has 1 amide bonds. The number of nitrogens with one attached hydrogen (secondary N) is 1. The van der Waals surface area contributed by atoms with Gasteiger partial charge in [0, 0.05) is 23.3 Å². The minimum atomic E-state index is -1.94. The van der Waals surface area contributed by atoms with Crippen LogP contribution in [0, 0.1) is 28.6 Å². The second kappa shape index (κ2) is 6.73. The lowest BCUT2D eigenvalue weighted by molar-refractivity contribution is -0.219. The van der Waals surface area contributed by atoms with Crippen LogP contribution in [0.1, 0.15) is 59.8 Å². The summed E-state index contributed by atoms with van der Waals surface area (Å²) in [6.07, 6.45) is 5.58. The van der Waals surface area contributed by atoms with Gasteiger partial charge in [-0.1, -0.05) is 32.4 Å². The number of allylic oxidation sites excluding steroid dienone is 4. The molecule has 30 heavy (non-hydrogen) atoms. The summed E-state index contributed by atoms with van der Waals surface area (Å²) in [7, 11) is 0. The predicted octanol–water partition coefficient (Wildman–Crippen LogP) is 2.86. The topological polar surface area (TPSA) is 86.6 Å². The maximum Gasteiger partial charge on any atom is 0.252 e. The molecule has 0 saturated heterocycles. The zero-order valence-corrected chi connectivity index (χ0v) is 18.4. The number of aliphatic hydroxyl groups is 2. The fourth-order valence-corrected chi connectivity index (χ4v) is 7.40. The van der Waals surface area contributed by atoms with Crippen molar-refractivity contribution in [1.29, 1.82) is 0 Å². The third-order valence-corrected chi connectivity index (χ3v) is 9.10. The summed E-state index contributed by atoms with van der Waals surface area (Å²) in [6, 6.07) is 0. The number of aliphatic hydroxyl groups excluding tert-OH is 1. The van der Waals surface area contributed by atoms with Crippen LogP contribution in [0.2, 0.25) is 0 Å². The average Bonchev–Trinajstić information content (AvgIpc) is 2.89. The van der Waals surface area contributed by atoms with Gasteiger partial charge in [0.05, 0.1) is 6.10 Å². The Morgan fingerprint density at radius 1 is 1.33 bits per heavy atom. The molecule has 4 aliphatic carbocycles. The Kier molecular flexibility index (Phi) is 4.87. The molecule has 6 heteroatoms. The van der Waals surface area contributed by atoms with Gasteiger partial charge >= 0.3 is 0 Å². The lowest BCUT2D eigenvalue weighted by Crippen LogP contribution is -2.70. The van der Waals surface area contributed by atoms with E-state index in [0.717, 1.165) is 12.0 Å². The first-order valence-corrected chi connectivity index (χ1v) is 11.3. The van der Waals surface area contributed by atoms with Crippen LogP contribution in [0.15, 0.2) is 23.8 Å². The van der Waals surface area contributed by atoms with Crippen molar-refractivity contribution >= 4 is 11.7 Å². The van der Waals surface area contributed by atoms with Crippen LogP contribution >= 0.6 is 0 Å². The number of ketones is 1. The van der Waals surface area contributed by atoms with Crippen LogP contribution in [-0.2, 0) is 9.59 Å². The number of hydrogen-bond acceptors (Lipinski definition) is 4. The molecule has 0 radical (unpaired) electrons. The third-order valence-electron chi connectivity index (χ3n) is 9.10. The Morgan fingerprint density at radius 2 is 2.03 bits per heavy atom. The Labute approximate surface area is 177 Å². The smallest absolute Gasteiger partial charge is 0.252 e. The number of carbonyl (C=O) groups is 2. The molecule has 5 nitrogen and oxygen atoms in total. The molecule has 0 aromatic carbocycles. The maximum absolute atomic E-state index is 17.0. The largest absolute Gasteiger partial charge is 0.390 e. The van der Waals surface area contributed by atoms with Gasteiger partial charge in [-0.2, -0.15) is 0 Å². The van der Waals surface area contributed by atoms with E-state index < -0.39 is 40.0 Å². The van der Waals surface area contributed by atoms with Gasteiger partial charge in [0.25, 0.3) is 5.91 Å². The van der Waals surface area contributed by atoms with E-state index in [-0.39, 0.29) is 24.0 Å². The van der Waals surface area contributed by atoms with Crippen LogP contribution in [0.25, 0.3) is 0 Å². The van der Waals surface area contributed by atoms with Gasteiger partial charge in [-0.15, -0.1) is 0 Å². The number of hydrogen-bond donors (Lipinski definition) is 3. The summed E-state index contributed by atoms with van der Waals surface area (Å²) in [4.78, 5) is 25.0. The van der Waals surface area contributed by atoms with Gasteiger partial charge < -0.3 is 15.5 Å². The molecule has 8 atom stereocenters. The van der Waals surface area contributed by atoms with E-state index in [2.05, 4.69) is 5.32 Å². The van der Waals surface area contributed by atoms with Crippen molar-refractivity contribution in [1.82, 2.24) is 5.32 Å². The predicted molar refractivity (Wildman–Crippen MR) is 111 cm³/mol. The second-order valence-corrected chi connectivity index (χ2v) is 10.4. The monoisotopic (exact) mass is 419 g/mol. The van der Waals surface area contributed by atoms with E-state index >= 15 is 4.39 Å². The molecule has 0 unspecified atom stereocenters. The molecule has 166 valence electrons. The highest BCUT2D eigenvalue weighted by molar-refractivity contribution is 6.01. The Hall–Kier alpha value is -1.53. The number of fused-ring (bicyclic) bond motifs is 5. The summed E-state index contributed by atoms with van der Waals surface area (Å²) in [6.45, 7) is 7.90. The first kappa shape index (κ1) is 21.7. The maximum atomic E-state index is 17.0. The molecule has 3 N–H and O–H groups in total. The first-order chi connectivity index (χ1) is 14.0. The number of carbonyl (C=O) groups excluding carboxylic acids is 2. The standard InChI is InChI=1S/C24H34FNO4/c1-5-10-26-20(29)24(30)14(2)11-18-17-7-6-15-12-16(27)8-9-21(15,3)23(17,25)19(28)13-22(18,24)4/h8-9,12,14,17-19,28,30H,5-7,10-11,13H2,1-4H3,(H,26,29)/t14-,17+,18+,19+,21+,22+,23+,24+/m1/s1. The molecule has 0 aromatic heterocycles. The van der Waals surface area contributed by atoms with Crippen LogP contribution in [0.5, 0.6) is 0 Å². The number of rotatable bonds is 3. The van der Waals surface area contributed by atoms with Crippen molar-refractivity contribution < 1.29 is 24.2 Å². The lowest BCUT2D eigenvalue weighted by atomic mass is 9.44. The normalized spacial score (nSPS) is 49.7. The first-order valence-electron chi connectivity index (χ1n) is 11.3. The molecule has 0 heterocycles. The molecule has 3 saturated carbocycles. The highest BCUT2D eigenvalue weighted by atomic mass is 19.1. The SMILES string of the molecule is CCCNC(=O)[C@@]1(O)[C@H](C)C[C@H]2[C@@H]3CCC4=CC(=O)C=C[C@]4(C)[C@@]3(F)[C@@H](O)C[C@@]21C. The minimum absolute atomic E-state index is 0.00963. The quantitative estimate of drug-likeness (QED) is 0.657. The van der Waals surface area contributed by atoms with Crippen molar-refractivity contribution in [2.45, 2.75) is 77.2 Å². The molecule has 3 fully saturated rings. The fraction of sp³-hybridized carbons (Fsp3) is 0.750. The van der Waals surface area contributed by atoms with Crippen molar-refractivity contribution in [3.8, 4) is 0 Å². The van der Waals surface area contributed by atoms with Crippen molar-refractivity contribution in [3.63, 3.8) is 0 Å². The molecule has 0 bridgehead atoms. The molecule has 0 spiro atoms. The summed E-state index contributed by atoms with van der Waals surface area (Å²) in [5.74, 6) is -1.63. The van der Waals surface area contributed by atoms with Gasteiger partial charge in [-0.3, -0.25) is 9.59 Å².